The lowest BCUT2D eigenvalue weighted by atomic mass is 10.2. The van der Waals surface area contributed by atoms with Crippen LogP contribution in [0, 0.1) is 0 Å². The zero-order valence-electron chi connectivity index (χ0n) is 8.75. The van der Waals surface area contributed by atoms with Crippen molar-refractivity contribution in [2.45, 2.75) is 19.1 Å². The van der Waals surface area contributed by atoms with Gasteiger partial charge in [0.05, 0.1) is 6.54 Å². The molecule has 94 valence electrons. The number of carbonyl (C=O) groups is 2. The first-order valence-corrected chi connectivity index (χ1v) is 4.74. The number of nitrogens with zero attached hydrogens (tertiary/aromatic N) is 3. The molecule has 0 aliphatic carbocycles. The van der Waals surface area contributed by atoms with E-state index in [1.807, 2.05) is 0 Å². The van der Waals surface area contributed by atoms with Crippen molar-refractivity contribution in [3.05, 3.63) is 5.82 Å². The van der Waals surface area contributed by atoms with E-state index in [2.05, 4.69) is 31.3 Å². The van der Waals surface area contributed by atoms with E-state index >= 15 is 0 Å². The Balaban J connectivity index is 2.11. The van der Waals surface area contributed by atoms with Gasteiger partial charge in [0.1, 0.15) is 0 Å². The van der Waals surface area contributed by atoms with Crippen LogP contribution in [0.4, 0.5) is 4.79 Å². The molecule has 0 unspecified atom stereocenters. The van der Waals surface area contributed by atoms with Gasteiger partial charge >= 0.3 is 12.0 Å². The van der Waals surface area contributed by atoms with E-state index in [4.69, 9.17) is 10.2 Å². The Kier molecular flexibility index (Phi) is 4.81. The minimum absolute atomic E-state index is 0.0472. The molecule has 0 radical (unpaired) electrons. The van der Waals surface area contributed by atoms with Crippen molar-refractivity contribution in [2.24, 2.45) is 0 Å². The number of carboxylic acids is 1. The van der Waals surface area contributed by atoms with Crippen molar-refractivity contribution in [2.75, 3.05) is 6.54 Å². The number of amides is 2. The highest BCUT2D eigenvalue weighted by Gasteiger charge is 2.12. The maximum Gasteiger partial charge on any atom is 0.332 e. The van der Waals surface area contributed by atoms with Gasteiger partial charge in [0.15, 0.2) is 11.9 Å². The molecule has 0 aromatic carbocycles. The van der Waals surface area contributed by atoms with E-state index < -0.39 is 18.1 Å². The van der Waals surface area contributed by atoms with Crippen LogP contribution in [0.25, 0.3) is 0 Å². The van der Waals surface area contributed by atoms with Crippen LogP contribution in [-0.4, -0.2) is 55.5 Å². The Morgan fingerprint density at radius 1 is 1.41 bits per heavy atom. The average molecular weight is 244 g/mol. The standard InChI is InChI=1S/C7H12N6O4/c14-4(6(15)16)1-2-8-7(17)9-3-5-10-12-13-11-5/h4,14H,1-3H2,(H,15,16)(H2,8,9,17)(H,10,11,12,13)/t4-/m0/s1. The largest absolute Gasteiger partial charge is 0.479 e. The summed E-state index contributed by atoms with van der Waals surface area (Å²) in [5.74, 6) is -0.996. The smallest absolute Gasteiger partial charge is 0.332 e. The van der Waals surface area contributed by atoms with Crippen LogP contribution in [0.2, 0.25) is 0 Å². The summed E-state index contributed by atoms with van der Waals surface area (Å²) in [6.07, 6.45) is -1.54. The van der Waals surface area contributed by atoms with Crippen LogP contribution in [0.1, 0.15) is 12.2 Å². The first-order valence-electron chi connectivity index (χ1n) is 4.74. The van der Waals surface area contributed by atoms with Gasteiger partial charge in [-0.2, -0.15) is 5.21 Å². The lowest BCUT2D eigenvalue weighted by Gasteiger charge is -2.07. The van der Waals surface area contributed by atoms with Crippen molar-refractivity contribution in [3.63, 3.8) is 0 Å². The topological polar surface area (TPSA) is 153 Å². The van der Waals surface area contributed by atoms with Gasteiger partial charge in [0, 0.05) is 13.0 Å². The molecule has 0 spiro atoms. The van der Waals surface area contributed by atoms with Crippen LogP contribution in [0.3, 0.4) is 0 Å². The monoisotopic (exact) mass is 244 g/mol. The van der Waals surface area contributed by atoms with Gasteiger partial charge < -0.3 is 20.8 Å². The highest BCUT2D eigenvalue weighted by Crippen LogP contribution is 1.89. The third kappa shape index (κ3) is 4.88. The fraction of sp³-hybridized carbons (Fsp3) is 0.571. The summed E-state index contributed by atoms with van der Waals surface area (Å²) >= 11 is 0. The summed E-state index contributed by atoms with van der Waals surface area (Å²) in [4.78, 5) is 21.4. The number of hydrogen-bond donors (Lipinski definition) is 5. The normalized spacial score (nSPS) is 11.8. The second-order valence-corrected chi connectivity index (χ2v) is 3.08. The maximum absolute atomic E-state index is 11.2. The van der Waals surface area contributed by atoms with Crippen LogP contribution < -0.4 is 10.6 Å². The van der Waals surface area contributed by atoms with Gasteiger partial charge in [-0.25, -0.2) is 9.59 Å². The molecule has 0 bridgehead atoms. The van der Waals surface area contributed by atoms with Gasteiger partial charge in [-0.15, -0.1) is 10.2 Å². The van der Waals surface area contributed by atoms with E-state index in [0.717, 1.165) is 0 Å². The van der Waals surface area contributed by atoms with Crippen molar-refractivity contribution in [3.8, 4) is 0 Å². The van der Waals surface area contributed by atoms with E-state index in [1.54, 1.807) is 0 Å². The van der Waals surface area contributed by atoms with Gasteiger partial charge in [-0.05, 0) is 0 Å². The minimum Gasteiger partial charge on any atom is -0.479 e. The number of rotatable bonds is 6. The predicted octanol–water partition coefficient (Wildman–Crippen LogP) is -2.17. The Morgan fingerprint density at radius 3 is 2.76 bits per heavy atom. The number of H-pyrrole nitrogens is 1. The predicted molar refractivity (Wildman–Crippen MR) is 52.7 cm³/mol. The molecule has 2 amide bonds. The van der Waals surface area contributed by atoms with Crippen molar-refractivity contribution in [1.29, 1.82) is 0 Å². The quantitative estimate of drug-likeness (QED) is 0.381. The zero-order chi connectivity index (χ0) is 12.7. The summed E-state index contributed by atoms with van der Waals surface area (Å²) in [7, 11) is 0. The molecule has 1 atom stereocenters. The summed E-state index contributed by atoms with van der Waals surface area (Å²) in [5.41, 5.74) is 0. The number of tetrazole rings is 1. The van der Waals surface area contributed by atoms with Crippen molar-refractivity contribution < 1.29 is 19.8 Å². The number of carbonyl (C=O) groups excluding carboxylic acids is 1. The van der Waals surface area contributed by atoms with Gasteiger partial charge in [-0.3, -0.25) is 0 Å². The fourth-order valence-electron chi connectivity index (χ4n) is 0.925. The van der Waals surface area contributed by atoms with Crippen LogP contribution in [0.15, 0.2) is 0 Å². The Morgan fingerprint density at radius 2 is 2.18 bits per heavy atom. The Hall–Kier alpha value is -2.23. The summed E-state index contributed by atoms with van der Waals surface area (Å²) in [6.45, 7) is 0.148. The second-order valence-electron chi connectivity index (χ2n) is 3.08. The molecule has 0 fully saturated rings. The van der Waals surface area contributed by atoms with Gasteiger partial charge in [0.2, 0.25) is 0 Å². The molecule has 1 aromatic heterocycles. The Bertz CT molecular complexity index is 366. The molecule has 0 aliphatic rings. The summed E-state index contributed by atoms with van der Waals surface area (Å²) in [5, 5.41) is 34.8. The fourth-order valence-corrected chi connectivity index (χ4v) is 0.925. The van der Waals surface area contributed by atoms with Crippen LogP contribution in [0.5, 0.6) is 0 Å². The van der Waals surface area contributed by atoms with Crippen molar-refractivity contribution >= 4 is 12.0 Å². The number of aliphatic carboxylic acids is 1. The molecule has 1 heterocycles. The number of aromatic amines is 1. The maximum atomic E-state index is 11.2. The number of nitrogens with one attached hydrogen (secondary N) is 3. The highest BCUT2D eigenvalue weighted by atomic mass is 16.4. The summed E-state index contributed by atoms with van der Waals surface area (Å²) < 4.78 is 0. The number of aliphatic hydroxyl groups is 1. The van der Waals surface area contributed by atoms with E-state index in [1.165, 1.54) is 0 Å². The average Bonchev–Trinajstić information content (AvgIpc) is 2.78. The number of hydrogen-bond acceptors (Lipinski definition) is 6. The minimum atomic E-state index is -1.48. The molecule has 1 rings (SSSR count). The SMILES string of the molecule is O=C(NCC[C@H](O)C(=O)O)NCc1nn[nH]n1. The zero-order valence-corrected chi connectivity index (χ0v) is 8.75. The Labute approximate surface area is 95.4 Å². The molecule has 10 heteroatoms. The summed E-state index contributed by atoms with van der Waals surface area (Å²) in [6, 6.07) is -0.507. The van der Waals surface area contributed by atoms with Crippen LogP contribution >= 0.6 is 0 Å². The lowest BCUT2D eigenvalue weighted by molar-refractivity contribution is -0.146. The molecule has 0 saturated heterocycles. The van der Waals surface area contributed by atoms with Crippen LogP contribution in [-0.2, 0) is 11.3 Å². The lowest BCUT2D eigenvalue weighted by Crippen LogP contribution is -2.37. The number of carboxylic acid groups (broad SMARTS) is 1. The van der Waals surface area contributed by atoms with Gasteiger partial charge in [0.25, 0.3) is 0 Å². The first-order chi connectivity index (χ1) is 8.09. The highest BCUT2D eigenvalue weighted by molar-refractivity contribution is 5.74. The molecule has 0 aliphatic heterocycles. The molecule has 5 N–H and O–H groups in total. The molecule has 0 saturated carbocycles. The third-order valence-corrected chi connectivity index (χ3v) is 1.78. The van der Waals surface area contributed by atoms with E-state index in [-0.39, 0.29) is 19.5 Å². The third-order valence-electron chi connectivity index (χ3n) is 1.78. The first kappa shape index (κ1) is 12.8. The molecule has 1 aromatic rings. The van der Waals surface area contributed by atoms with Crippen molar-refractivity contribution in [1.82, 2.24) is 31.3 Å². The number of aromatic nitrogens is 4. The molecule has 10 nitrogen and oxygen atoms in total. The van der Waals surface area contributed by atoms with Gasteiger partial charge in [-0.1, -0.05) is 5.21 Å². The van der Waals surface area contributed by atoms with E-state index in [9.17, 15) is 9.59 Å². The molecular weight excluding hydrogens is 232 g/mol. The second kappa shape index (κ2) is 6.37. The number of aliphatic hydroxyl groups excluding tert-OH is 1. The number of urea groups is 1. The molecular formula is C7H12N6O4. The molecule has 17 heavy (non-hydrogen) atoms. The van der Waals surface area contributed by atoms with E-state index in [0.29, 0.717) is 5.82 Å².